The number of urea groups is 1. The minimum atomic E-state index is -0.754. The van der Waals surface area contributed by atoms with Crippen molar-refractivity contribution in [1.29, 1.82) is 0 Å². The van der Waals surface area contributed by atoms with Gasteiger partial charge in [-0.15, -0.1) is 0 Å². The lowest BCUT2D eigenvalue weighted by molar-refractivity contribution is -0.113. The highest BCUT2D eigenvalue weighted by molar-refractivity contribution is 6.31. The van der Waals surface area contributed by atoms with Crippen molar-refractivity contribution in [3.05, 3.63) is 100 Å². The number of carbonyl (C=O) groups excluding carboxylic acids is 2. The van der Waals surface area contributed by atoms with E-state index < -0.39 is 12.1 Å². The van der Waals surface area contributed by atoms with Gasteiger partial charge in [-0.1, -0.05) is 72.3 Å². The summed E-state index contributed by atoms with van der Waals surface area (Å²) >= 11 is 6.64. The summed E-state index contributed by atoms with van der Waals surface area (Å²) in [4.78, 5) is 25.2. The molecule has 0 spiro atoms. The average Bonchev–Trinajstić information content (AvgIpc) is 2.83. The molecule has 0 saturated heterocycles. The molecule has 4 rings (SSSR count). The van der Waals surface area contributed by atoms with E-state index in [1.54, 1.807) is 12.1 Å². The number of nitrogens with one attached hydrogen (secondary N) is 2. The number of ketones is 1. The molecule has 3 aromatic rings. The molecular weight excluding hydrogens is 440 g/mol. The van der Waals surface area contributed by atoms with Gasteiger partial charge in [0.05, 0.1) is 23.9 Å². The van der Waals surface area contributed by atoms with E-state index in [4.69, 9.17) is 21.1 Å². The van der Waals surface area contributed by atoms with Gasteiger partial charge in [0, 0.05) is 17.2 Å². The number of Topliss-reactive ketones (excluding diaryl/α,β-unsaturated/α-hetero) is 1. The van der Waals surface area contributed by atoms with Gasteiger partial charge in [-0.2, -0.15) is 0 Å². The number of benzene rings is 3. The van der Waals surface area contributed by atoms with Gasteiger partial charge < -0.3 is 20.1 Å². The van der Waals surface area contributed by atoms with E-state index in [0.717, 1.165) is 11.1 Å². The number of hydrogen-bond acceptors (Lipinski definition) is 4. The minimum absolute atomic E-state index is 0.189. The van der Waals surface area contributed by atoms with Gasteiger partial charge in [0.1, 0.15) is 6.61 Å². The zero-order chi connectivity index (χ0) is 23.4. The fourth-order valence-electron chi connectivity index (χ4n) is 3.79. The number of hydrogen-bond donors (Lipinski definition) is 2. The van der Waals surface area contributed by atoms with E-state index in [1.165, 1.54) is 14.0 Å². The maximum absolute atomic E-state index is 12.7. The predicted octanol–water partition coefficient (Wildman–Crippen LogP) is 5.28. The first kappa shape index (κ1) is 22.4. The molecule has 1 aliphatic rings. The summed E-state index contributed by atoms with van der Waals surface area (Å²) in [6.07, 6.45) is 0. The van der Waals surface area contributed by atoms with Crippen molar-refractivity contribution in [3.8, 4) is 11.5 Å². The van der Waals surface area contributed by atoms with Crippen molar-refractivity contribution in [2.75, 3.05) is 7.11 Å². The normalized spacial score (nSPS) is 15.5. The maximum atomic E-state index is 12.7. The first-order valence-corrected chi connectivity index (χ1v) is 10.8. The Labute approximate surface area is 197 Å². The number of halogens is 1. The Balaban J connectivity index is 1.75. The molecule has 33 heavy (non-hydrogen) atoms. The van der Waals surface area contributed by atoms with Gasteiger partial charge in [-0.25, -0.2) is 4.79 Å². The minimum Gasteiger partial charge on any atom is -0.493 e. The first-order valence-electron chi connectivity index (χ1n) is 10.4. The lowest BCUT2D eigenvalue weighted by atomic mass is 9.90. The Bertz CT molecular complexity index is 1210. The molecule has 0 bridgehead atoms. The van der Waals surface area contributed by atoms with Gasteiger partial charge in [0.2, 0.25) is 0 Å². The van der Waals surface area contributed by atoms with Crippen molar-refractivity contribution in [1.82, 2.24) is 10.6 Å². The first-order chi connectivity index (χ1) is 16.0. The summed E-state index contributed by atoms with van der Waals surface area (Å²) < 4.78 is 11.5. The molecule has 7 heteroatoms. The summed E-state index contributed by atoms with van der Waals surface area (Å²) in [7, 11) is 1.53. The fourth-order valence-corrected chi connectivity index (χ4v) is 4.05. The molecule has 0 radical (unpaired) electrons. The Morgan fingerprint density at radius 3 is 2.30 bits per heavy atom. The van der Waals surface area contributed by atoms with E-state index in [0.29, 0.717) is 40.0 Å². The van der Waals surface area contributed by atoms with Gasteiger partial charge in [0.15, 0.2) is 17.3 Å². The molecule has 1 atom stereocenters. The number of rotatable bonds is 7. The maximum Gasteiger partial charge on any atom is 0.320 e. The van der Waals surface area contributed by atoms with Gasteiger partial charge in [0.25, 0.3) is 0 Å². The van der Waals surface area contributed by atoms with E-state index in [-0.39, 0.29) is 5.78 Å². The van der Waals surface area contributed by atoms with Crippen molar-refractivity contribution >= 4 is 29.1 Å². The summed E-state index contributed by atoms with van der Waals surface area (Å²) in [5.74, 6) is 0.722. The van der Waals surface area contributed by atoms with E-state index >= 15 is 0 Å². The monoisotopic (exact) mass is 462 g/mol. The zero-order valence-corrected chi connectivity index (χ0v) is 19.0. The van der Waals surface area contributed by atoms with Crippen LogP contribution in [0.2, 0.25) is 5.02 Å². The highest BCUT2D eigenvalue weighted by Gasteiger charge is 2.33. The van der Waals surface area contributed by atoms with Crippen molar-refractivity contribution < 1.29 is 19.1 Å². The van der Waals surface area contributed by atoms with Crippen LogP contribution in [0.1, 0.15) is 29.7 Å². The smallest absolute Gasteiger partial charge is 0.320 e. The standard InChI is InChI=1S/C26H23ClN2O4/c1-16(30)23-24(18-11-7-4-8-12-18)28-26(31)29-25(23)19-13-21(32-2)22(14-20(19)27)33-15-17-9-5-3-6-10-17/h3-14,25H,15H2,1-2H3,(H2,28,29,31)/t25-/m0/s1. The molecule has 0 aromatic heterocycles. The molecule has 6 nitrogen and oxygen atoms in total. The van der Waals surface area contributed by atoms with Crippen LogP contribution in [0.15, 0.2) is 78.4 Å². The zero-order valence-electron chi connectivity index (χ0n) is 18.2. The summed E-state index contributed by atoms with van der Waals surface area (Å²) in [6.45, 7) is 1.81. The van der Waals surface area contributed by atoms with Crippen molar-refractivity contribution in [2.24, 2.45) is 0 Å². The highest BCUT2D eigenvalue weighted by atomic mass is 35.5. The molecular formula is C26H23ClN2O4. The van der Waals surface area contributed by atoms with E-state index in [1.807, 2.05) is 60.7 Å². The van der Waals surface area contributed by atoms with Gasteiger partial charge in [-0.3, -0.25) is 4.79 Å². The van der Waals surface area contributed by atoms with Crippen LogP contribution < -0.4 is 20.1 Å². The SMILES string of the molecule is COc1cc([C@@H]2NC(=O)NC(c3ccccc3)=C2C(C)=O)c(Cl)cc1OCc1ccccc1. The van der Waals surface area contributed by atoms with Crippen LogP contribution in [0.3, 0.4) is 0 Å². The lowest BCUT2D eigenvalue weighted by Crippen LogP contribution is -2.44. The Hall–Kier alpha value is -3.77. The third kappa shape index (κ3) is 4.86. The van der Waals surface area contributed by atoms with Crippen LogP contribution >= 0.6 is 11.6 Å². The molecule has 0 saturated carbocycles. The van der Waals surface area contributed by atoms with Crippen LogP contribution in [-0.2, 0) is 11.4 Å². The fraction of sp³-hybridized carbons (Fsp3) is 0.154. The molecule has 0 unspecified atom stereocenters. The van der Waals surface area contributed by atoms with Crippen LogP contribution in [0, 0.1) is 0 Å². The second kappa shape index (κ2) is 9.79. The molecule has 2 N–H and O–H groups in total. The molecule has 0 aliphatic carbocycles. The molecule has 2 amide bonds. The average molecular weight is 463 g/mol. The van der Waals surface area contributed by atoms with Crippen LogP contribution in [0.5, 0.6) is 11.5 Å². The third-order valence-electron chi connectivity index (χ3n) is 5.34. The van der Waals surface area contributed by atoms with Crippen LogP contribution in [0.4, 0.5) is 4.79 Å². The number of carbonyl (C=O) groups is 2. The molecule has 0 fully saturated rings. The second-order valence-electron chi connectivity index (χ2n) is 7.54. The van der Waals surface area contributed by atoms with E-state index in [2.05, 4.69) is 10.6 Å². The molecule has 3 aromatic carbocycles. The van der Waals surface area contributed by atoms with Gasteiger partial charge in [-0.05, 0) is 24.1 Å². The number of amides is 2. The summed E-state index contributed by atoms with van der Waals surface area (Å²) in [5, 5.41) is 5.94. The molecule has 1 aliphatic heterocycles. The van der Waals surface area contributed by atoms with Crippen LogP contribution in [-0.4, -0.2) is 18.9 Å². The Kier molecular flexibility index (Phi) is 6.66. The largest absolute Gasteiger partial charge is 0.493 e. The topological polar surface area (TPSA) is 76.7 Å². The summed E-state index contributed by atoms with van der Waals surface area (Å²) in [6, 6.07) is 21.1. The third-order valence-corrected chi connectivity index (χ3v) is 5.67. The second-order valence-corrected chi connectivity index (χ2v) is 7.95. The van der Waals surface area contributed by atoms with E-state index in [9.17, 15) is 9.59 Å². The lowest BCUT2D eigenvalue weighted by Gasteiger charge is -2.30. The molecule has 1 heterocycles. The Morgan fingerprint density at radius 1 is 1.00 bits per heavy atom. The predicted molar refractivity (Wildman–Crippen MR) is 127 cm³/mol. The molecule has 168 valence electrons. The van der Waals surface area contributed by atoms with Crippen molar-refractivity contribution in [3.63, 3.8) is 0 Å². The number of ether oxygens (including phenoxy) is 2. The van der Waals surface area contributed by atoms with Crippen molar-refractivity contribution in [2.45, 2.75) is 19.6 Å². The highest BCUT2D eigenvalue weighted by Crippen LogP contribution is 2.40. The quantitative estimate of drug-likeness (QED) is 0.500. The Morgan fingerprint density at radius 2 is 1.67 bits per heavy atom. The number of methoxy groups -OCH3 is 1. The summed E-state index contributed by atoms with van der Waals surface area (Å²) in [5.41, 5.74) is 3.13. The van der Waals surface area contributed by atoms with Crippen LogP contribution in [0.25, 0.3) is 5.70 Å². The van der Waals surface area contributed by atoms with Gasteiger partial charge >= 0.3 is 6.03 Å².